The second-order valence-corrected chi connectivity index (χ2v) is 6.18. The third-order valence-corrected chi connectivity index (χ3v) is 4.32. The second kappa shape index (κ2) is 4.94. The van der Waals surface area contributed by atoms with Crippen LogP contribution in [0.3, 0.4) is 0 Å². The van der Waals surface area contributed by atoms with Gasteiger partial charge >= 0.3 is 0 Å². The van der Waals surface area contributed by atoms with Gasteiger partial charge in [0, 0.05) is 18.6 Å². The van der Waals surface area contributed by atoms with Gasteiger partial charge in [-0.2, -0.15) is 0 Å². The molecule has 0 spiro atoms. The molecule has 0 bridgehead atoms. The quantitative estimate of drug-likeness (QED) is 0.760. The molecule has 0 saturated carbocycles. The first-order valence-corrected chi connectivity index (χ1v) is 6.76. The van der Waals surface area contributed by atoms with Gasteiger partial charge in [-0.3, -0.25) is 4.79 Å². The number of nitrogens with zero attached hydrogens (tertiary/aromatic N) is 1. The van der Waals surface area contributed by atoms with Gasteiger partial charge in [-0.25, -0.2) is 0 Å². The van der Waals surface area contributed by atoms with Crippen LogP contribution < -0.4 is 11.1 Å². The zero-order valence-electron chi connectivity index (χ0n) is 11.0. The van der Waals surface area contributed by atoms with Crippen molar-refractivity contribution in [3.8, 4) is 0 Å². The van der Waals surface area contributed by atoms with E-state index in [-0.39, 0.29) is 5.91 Å². The first-order valence-electron chi connectivity index (χ1n) is 6.76. The number of amides is 1. The largest absolute Gasteiger partial charge is 0.369 e. The molecule has 2 heterocycles. The predicted octanol–water partition coefficient (Wildman–Crippen LogP) is 0.714. The number of nitrogens with two attached hydrogens (primary N) is 1. The van der Waals surface area contributed by atoms with Crippen LogP contribution in [0.1, 0.15) is 39.5 Å². The standard InChI is InChI=1S/C13H25N3O/c1-13(2,12(14)17)9-15-10-5-7-16-6-3-4-11(16)8-10/h10-11,15H,3-9H2,1-2H3,(H2,14,17). The number of carbonyl (C=O) groups excluding carboxylic acids is 1. The summed E-state index contributed by atoms with van der Waals surface area (Å²) in [6.45, 7) is 7.00. The molecule has 17 heavy (non-hydrogen) atoms. The summed E-state index contributed by atoms with van der Waals surface area (Å²) in [7, 11) is 0. The molecule has 2 rings (SSSR count). The summed E-state index contributed by atoms with van der Waals surface area (Å²) in [4.78, 5) is 13.9. The van der Waals surface area contributed by atoms with E-state index in [1.54, 1.807) is 0 Å². The molecular formula is C13H25N3O. The molecule has 1 amide bonds. The maximum absolute atomic E-state index is 11.3. The summed E-state index contributed by atoms with van der Waals surface area (Å²) in [6.07, 6.45) is 5.13. The number of piperidine rings is 1. The zero-order valence-corrected chi connectivity index (χ0v) is 11.0. The molecule has 2 atom stereocenters. The van der Waals surface area contributed by atoms with Gasteiger partial charge in [-0.05, 0) is 52.6 Å². The lowest BCUT2D eigenvalue weighted by Gasteiger charge is -2.36. The molecule has 3 N–H and O–H groups in total. The van der Waals surface area contributed by atoms with Crippen LogP contribution in [0.5, 0.6) is 0 Å². The summed E-state index contributed by atoms with van der Waals surface area (Å²) >= 11 is 0. The Morgan fingerprint density at radius 1 is 1.41 bits per heavy atom. The SMILES string of the molecule is CC(C)(CNC1CCN2CCCC2C1)C(N)=O. The molecule has 0 aromatic rings. The van der Waals surface area contributed by atoms with Crippen LogP contribution in [0.15, 0.2) is 0 Å². The molecule has 2 aliphatic heterocycles. The van der Waals surface area contributed by atoms with E-state index in [9.17, 15) is 4.79 Å². The fourth-order valence-electron chi connectivity index (χ4n) is 2.90. The summed E-state index contributed by atoms with van der Waals surface area (Å²) < 4.78 is 0. The molecule has 0 aliphatic carbocycles. The van der Waals surface area contributed by atoms with Gasteiger partial charge < -0.3 is 16.0 Å². The van der Waals surface area contributed by atoms with Crippen molar-refractivity contribution in [1.29, 1.82) is 0 Å². The van der Waals surface area contributed by atoms with E-state index in [2.05, 4.69) is 10.2 Å². The molecule has 4 heteroatoms. The van der Waals surface area contributed by atoms with Crippen molar-refractivity contribution in [2.45, 2.75) is 51.6 Å². The topological polar surface area (TPSA) is 58.4 Å². The number of primary amides is 1. The first kappa shape index (κ1) is 12.8. The van der Waals surface area contributed by atoms with Gasteiger partial charge in [0.2, 0.25) is 5.91 Å². The number of nitrogens with one attached hydrogen (secondary N) is 1. The van der Waals surface area contributed by atoms with Gasteiger partial charge in [0.15, 0.2) is 0 Å². The molecule has 2 aliphatic rings. The predicted molar refractivity (Wildman–Crippen MR) is 68.6 cm³/mol. The molecule has 0 radical (unpaired) electrons. The van der Waals surface area contributed by atoms with Gasteiger partial charge in [0.25, 0.3) is 0 Å². The number of fused-ring (bicyclic) bond motifs is 1. The summed E-state index contributed by atoms with van der Waals surface area (Å²) in [5.74, 6) is -0.219. The van der Waals surface area contributed by atoms with E-state index in [4.69, 9.17) is 5.73 Å². The van der Waals surface area contributed by atoms with Crippen LogP contribution in [0.2, 0.25) is 0 Å². The van der Waals surface area contributed by atoms with Gasteiger partial charge in [0.1, 0.15) is 0 Å². The van der Waals surface area contributed by atoms with Crippen LogP contribution in [-0.4, -0.2) is 42.5 Å². The van der Waals surface area contributed by atoms with Crippen LogP contribution in [0.4, 0.5) is 0 Å². The minimum absolute atomic E-state index is 0.219. The summed E-state index contributed by atoms with van der Waals surface area (Å²) in [5, 5.41) is 3.53. The van der Waals surface area contributed by atoms with E-state index in [1.165, 1.54) is 38.8 Å². The Bertz CT molecular complexity index is 290. The van der Waals surface area contributed by atoms with Gasteiger partial charge in [-0.15, -0.1) is 0 Å². The van der Waals surface area contributed by atoms with Crippen molar-refractivity contribution >= 4 is 5.91 Å². The van der Waals surface area contributed by atoms with Gasteiger partial charge in [-0.1, -0.05) is 0 Å². The Labute approximate surface area is 104 Å². The van der Waals surface area contributed by atoms with Crippen LogP contribution >= 0.6 is 0 Å². The molecule has 98 valence electrons. The minimum atomic E-state index is -0.438. The molecule has 4 nitrogen and oxygen atoms in total. The van der Waals surface area contributed by atoms with E-state index >= 15 is 0 Å². The van der Waals surface area contributed by atoms with Crippen molar-refractivity contribution in [1.82, 2.24) is 10.2 Å². The smallest absolute Gasteiger partial charge is 0.224 e. The van der Waals surface area contributed by atoms with E-state index in [0.717, 1.165) is 6.04 Å². The van der Waals surface area contributed by atoms with Crippen LogP contribution in [0, 0.1) is 5.41 Å². The average Bonchev–Trinajstić information content (AvgIpc) is 2.73. The Hall–Kier alpha value is -0.610. The molecule has 0 aromatic heterocycles. The van der Waals surface area contributed by atoms with Crippen molar-refractivity contribution < 1.29 is 4.79 Å². The molecule has 2 unspecified atom stereocenters. The number of hydrogen-bond acceptors (Lipinski definition) is 3. The van der Waals surface area contributed by atoms with Crippen molar-refractivity contribution in [3.63, 3.8) is 0 Å². The monoisotopic (exact) mass is 239 g/mol. The third-order valence-electron chi connectivity index (χ3n) is 4.32. The lowest BCUT2D eigenvalue weighted by atomic mass is 9.91. The van der Waals surface area contributed by atoms with Gasteiger partial charge in [0.05, 0.1) is 5.41 Å². The number of rotatable bonds is 4. The summed E-state index contributed by atoms with van der Waals surface area (Å²) in [6, 6.07) is 1.34. The molecule has 0 aromatic carbocycles. The fourth-order valence-corrected chi connectivity index (χ4v) is 2.90. The molecule has 2 saturated heterocycles. The highest BCUT2D eigenvalue weighted by Gasteiger charge is 2.33. The molecular weight excluding hydrogens is 214 g/mol. The fraction of sp³-hybridized carbons (Fsp3) is 0.923. The van der Waals surface area contributed by atoms with E-state index in [0.29, 0.717) is 12.6 Å². The van der Waals surface area contributed by atoms with Crippen molar-refractivity contribution in [3.05, 3.63) is 0 Å². The first-order chi connectivity index (χ1) is 7.99. The lowest BCUT2D eigenvalue weighted by molar-refractivity contribution is -0.125. The van der Waals surface area contributed by atoms with Crippen molar-refractivity contribution in [2.24, 2.45) is 11.1 Å². The van der Waals surface area contributed by atoms with E-state index in [1.807, 2.05) is 13.8 Å². The number of hydrogen-bond donors (Lipinski definition) is 2. The minimum Gasteiger partial charge on any atom is -0.369 e. The highest BCUT2D eigenvalue weighted by Crippen LogP contribution is 2.27. The average molecular weight is 239 g/mol. The Balaban J connectivity index is 1.79. The Morgan fingerprint density at radius 3 is 2.88 bits per heavy atom. The Morgan fingerprint density at radius 2 is 2.18 bits per heavy atom. The maximum atomic E-state index is 11.3. The normalized spacial score (nSPS) is 30.2. The highest BCUT2D eigenvalue weighted by atomic mass is 16.1. The van der Waals surface area contributed by atoms with E-state index < -0.39 is 5.41 Å². The number of carbonyl (C=O) groups is 1. The molecule has 2 fully saturated rings. The zero-order chi connectivity index (χ0) is 12.5. The highest BCUT2D eigenvalue weighted by molar-refractivity contribution is 5.80. The summed E-state index contributed by atoms with van der Waals surface area (Å²) in [5.41, 5.74) is 4.95. The lowest BCUT2D eigenvalue weighted by Crippen LogP contribution is -2.49. The van der Waals surface area contributed by atoms with Crippen molar-refractivity contribution in [2.75, 3.05) is 19.6 Å². The van der Waals surface area contributed by atoms with Crippen LogP contribution in [-0.2, 0) is 4.79 Å². The maximum Gasteiger partial charge on any atom is 0.224 e. The second-order valence-electron chi connectivity index (χ2n) is 6.18. The Kier molecular flexibility index (Phi) is 3.73. The van der Waals surface area contributed by atoms with Crippen LogP contribution in [0.25, 0.3) is 0 Å². The third kappa shape index (κ3) is 2.99.